The van der Waals surface area contributed by atoms with E-state index in [4.69, 9.17) is 5.73 Å². The summed E-state index contributed by atoms with van der Waals surface area (Å²) >= 11 is 0. The topological polar surface area (TPSA) is 60.1 Å². The summed E-state index contributed by atoms with van der Waals surface area (Å²) in [4.78, 5) is 11.7. The number of nitrogens with zero attached hydrogens (tertiary/aromatic N) is 1. The quantitative estimate of drug-likeness (QED) is 0.792. The minimum atomic E-state index is -0.414. The number of nitrogens with one attached hydrogen (secondary N) is 1. The molecule has 0 radical (unpaired) electrons. The van der Waals surface area contributed by atoms with Gasteiger partial charge in [0.1, 0.15) is 0 Å². The van der Waals surface area contributed by atoms with E-state index in [1.165, 1.54) is 10.9 Å². The number of amides is 1. The molecule has 108 valence electrons. The molecule has 2 rings (SSSR count). The smallest absolute Gasteiger partial charge is 0.237 e. The van der Waals surface area contributed by atoms with Crippen LogP contribution in [0.15, 0.2) is 36.5 Å². The summed E-state index contributed by atoms with van der Waals surface area (Å²) in [7, 11) is 0. The maximum Gasteiger partial charge on any atom is 0.237 e. The number of rotatable bonds is 6. The summed E-state index contributed by atoms with van der Waals surface area (Å²) in [6, 6.07) is 10.0. The van der Waals surface area contributed by atoms with Crippen molar-refractivity contribution in [2.75, 3.05) is 6.54 Å². The van der Waals surface area contributed by atoms with Crippen LogP contribution < -0.4 is 11.1 Å². The Kier molecular flexibility index (Phi) is 4.79. The first kappa shape index (κ1) is 14.6. The molecule has 0 saturated heterocycles. The van der Waals surface area contributed by atoms with Gasteiger partial charge in [0.15, 0.2) is 0 Å². The van der Waals surface area contributed by atoms with Crippen LogP contribution in [0.2, 0.25) is 0 Å². The van der Waals surface area contributed by atoms with Crippen molar-refractivity contribution in [2.45, 2.75) is 32.9 Å². The van der Waals surface area contributed by atoms with E-state index in [0.717, 1.165) is 13.0 Å². The molecule has 0 saturated carbocycles. The summed E-state index contributed by atoms with van der Waals surface area (Å²) < 4.78 is 2.21. The third kappa shape index (κ3) is 3.39. The van der Waals surface area contributed by atoms with E-state index in [-0.39, 0.29) is 11.8 Å². The predicted molar refractivity (Wildman–Crippen MR) is 82.4 cm³/mol. The second kappa shape index (κ2) is 6.57. The SMILES string of the molecule is CC(C)[C@H](N)C(=O)NCCCn1ccc2ccccc21. The summed E-state index contributed by atoms with van der Waals surface area (Å²) in [6.07, 6.45) is 2.99. The Morgan fingerprint density at radius 2 is 2.05 bits per heavy atom. The fourth-order valence-corrected chi connectivity index (χ4v) is 2.22. The van der Waals surface area contributed by atoms with Gasteiger partial charge in [0, 0.05) is 24.8 Å². The minimum absolute atomic E-state index is 0.0580. The van der Waals surface area contributed by atoms with Crippen LogP contribution in [0.5, 0.6) is 0 Å². The normalized spacial score (nSPS) is 12.8. The van der Waals surface area contributed by atoms with Gasteiger partial charge in [0.05, 0.1) is 6.04 Å². The van der Waals surface area contributed by atoms with Crippen LogP contribution >= 0.6 is 0 Å². The standard InChI is InChI=1S/C16H23N3O/c1-12(2)15(17)16(20)18-9-5-10-19-11-8-13-6-3-4-7-14(13)19/h3-4,6-8,11-12,15H,5,9-10,17H2,1-2H3,(H,18,20)/t15-/m0/s1. The molecular formula is C16H23N3O. The van der Waals surface area contributed by atoms with E-state index in [9.17, 15) is 4.79 Å². The van der Waals surface area contributed by atoms with Gasteiger partial charge in [-0.2, -0.15) is 0 Å². The van der Waals surface area contributed by atoms with E-state index in [1.54, 1.807) is 0 Å². The van der Waals surface area contributed by atoms with Crippen molar-refractivity contribution in [3.05, 3.63) is 36.5 Å². The van der Waals surface area contributed by atoms with Gasteiger partial charge in [-0.15, -0.1) is 0 Å². The lowest BCUT2D eigenvalue weighted by Crippen LogP contribution is -2.44. The molecule has 0 unspecified atom stereocenters. The monoisotopic (exact) mass is 273 g/mol. The van der Waals surface area contributed by atoms with Crippen molar-refractivity contribution in [1.29, 1.82) is 0 Å². The van der Waals surface area contributed by atoms with Crippen molar-refractivity contribution in [1.82, 2.24) is 9.88 Å². The van der Waals surface area contributed by atoms with Gasteiger partial charge in [-0.3, -0.25) is 4.79 Å². The molecular weight excluding hydrogens is 250 g/mol. The third-order valence-corrected chi connectivity index (χ3v) is 3.58. The summed E-state index contributed by atoms with van der Waals surface area (Å²) in [5.41, 5.74) is 7.03. The molecule has 1 heterocycles. The zero-order chi connectivity index (χ0) is 14.5. The minimum Gasteiger partial charge on any atom is -0.355 e. The van der Waals surface area contributed by atoms with Crippen LogP contribution in [0.3, 0.4) is 0 Å². The average Bonchev–Trinajstić information content (AvgIpc) is 2.85. The molecule has 0 bridgehead atoms. The molecule has 4 nitrogen and oxygen atoms in total. The average molecular weight is 273 g/mol. The Morgan fingerprint density at radius 1 is 1.30 bits per heavy atom. The number of fused-ring (bicyclic) bond motifs is 1. The van der Waals surface area contributed by atoms with Crippen molar-refractivity contribution in [3.8, 4) is 0 Å². The number of hydrogen-bond donors (Lipinski definition) is 2. The van der Waals surface area contributed by atoms with Crippen LogP contribution in [0.4, 0.5) is 0 Å². The van der Waals surface area contributed by atoms with Crippen LogP contribution in [-0.2, 0) is 11.3 Å². The van der Waals surface area contributed by atoms with Crippen molar-refractivity contribution >= 4 is 16.8 Å². The fourth-order valence-electron chi connectivity index (χ4n) is 2.22. The molecule has 0 aliphatic heterocycles. The van der Waals surface area contributed by atoms with E-state index in [1.807, 2.05) is 26.0 Å². The molecule has 1 amide bonds. The molecule has 2 aromatic rings. The number of aryl methyl sites for hydroxylation is 1. The van der Waals surface area contributed by atoms with Gasteiger partial charge in [-0.25, -0.2) is 0 Å². The first-order chi connectivity index (χ1) is 9.59. The van der Waals surface area contributed by atoms with Crippen molar-refractivity contribution in [2.24, 2.45) is 11.7 Å². The second-order valence-electron chi connectivity index (χ2n) is 5.48. The molecule has 1 aromatic heterocycles. The van der Waals surface area contributed by atoms with Gasteiger partial charge >= 0.3 is 0 Å². The molecule has 0 aliphatic carbocycles. The Morgan fingerprint density at radius 3 is 2.80 bits per heavy atom. The highest BCUT2D eigenvalue weighted by Crippen LogP contribution is 2.15. The zero-order valence-electron chi connectivity index (χ0n) is 12.2. The Bertz CT molecular complexity index is 574. The molecule has 0 fully saturated rings. The van der Waals surface area contributed by atoms with Gasteiger partial charge in [-0.1, -0.05) is 32.0 Å². The van der Waals surface area contributed by atoms with Crippen LogP contribution in [0.25, 0.3) is 10.9 Å². The highest BCUT2D eigenvalue weighted by Gasteiger charge is 2.16. The molecule has 0 aliphatic rings. The van der Waals surface area contributed by atoms with E-state index in [2.05, 4.69) is 34.3 Å². The van der Waals surface area contributed by atoms with E-state index < -0.39 is 6.04 Å². The maximum absolute atomic E-state index is 11.7. The Balaban J connectivity index is 1.80. The molecule has 3 N–H and O–H groups in total. The molecule has 0 spiro atoms. The Hall–Kier alpha value is -1.81. The zero-order valence-corrected chi connectivity index (χ0v) is 12.2. The lowest BCUT2D eigenvalue weighted by atomic mass is 10.1. The largest absolute Gasteiger partial charge is 0.355 e. The van der Waals surface area contributed by atoms with Crippen LogP contribution in [-0.4, -0.2) is 23.1 Å². The van der Waals surface area contributed by atoms with Gasteiger partial charge in [0.2, 0.25) is 5.91 Å². The number of carbonyl (C=O) groups is 1. The predicted octanol–water partition coefficient (Wildman–Crippen LogP) is 2.13. The van der Waals surface area contributed by atoms with Crippen LogP contribution in [0, 0.1) is 5.92 Å². The van der Waals surface area contributed by atoms with Gasteiger partial charge in [0.25, 0.3) is 0 Å². The highest BCUT2D eigenvalue weighted by molar-refractivity contribution is 5.81. The molecule has 1 aromatic carbocycles. The number of benzene rings is 1. The number of hydrogen-bond acceptors (Lipinski definition) is 2. The summed E-state index contributed by atoms with van der Waals surface area (Å²) in [5, 5.41) is 4.15. The lowest BCUT2D eigenvalue weighted by Gasteiger charge is -2.15. The maximum atomic E-state index is 11.7. The van der Waals surface area contributed by atoms with Crippen LogP contribution in [0.1, 0.15) is 20.3 Å². The number of aromatic nitrogens is 1. The first-order valence-corrected chi connectivity index (χ1v) is 7.17. The number of carbonyl (C=O) groups excluding carboxylic acids is 1. The summed E-state index contributed by atoms with van der Waals surface area (Å²) in [5.74, 6) is 0.112. The highest BCUT2D eigenvalue weighted by atomic mass is 16.2. The third-order valence-electron chi connectivity index (χ3n) is 3.58. The first-order valence-electron chi connectivity index (χ1n) is 7.17. The van der Waals surface area contributed by atoms with Gasteiger partial charge in [-0.05, 0) is 29.9 Å². The van der Waals surface area contributed by atoms with E-state index in [0.29, 0.717) is 6.54 Å². The number of para-hydroxylation sites is 1. The van der Waals surface area contributed by atoms with Crippen molar-refractivity contribution < 1.29 is 4.79 Å². The van der Waals surface area contributed by atoms with E-state index >= 15 is 0 Å². The van der Waals surface area contributed by atoms with Gasteiger partial charge < -0.3 is 15.6 Å². The number of nitrogens with two attached hydrogens (primary N) is 1. The molecule has 20 heavy (non-hydrogen) atoms. The fraction of sp³-hybridized carbons (Fsp3) is 0.438. The second-order valence-corrected chi connectivity index (χ2v) is 5.48. The summed E-state index contributed by atoms with van der Waals surface area (Å²) in [6.45, 7) is 5.46. The molecule has 4 heteroatoms. The lowest BCUT2D eigenvalue weighted by molar-refractivity contribution is -0.123. The Labute approximate surface area is 120 Å². The van der Waals surface area contributed by atoms with Crippen molar-refractivity contribution in [3.63, 3.8) is 0 Å². The molecule has 1 atom stereocenters.